The summed E-state index contributed by atoms with van der Waals surface area (Å²) in [6.07, 6.45) is 0. The molecule has 0 atom stereocenters. The second kappa shape index (κ2) is 7.90. The molecule has 0 aliphatic carbocycles. The minimum atomic E-state index is -3.91. The highest BCUT2D eigenvalue weighted by Gasteiger charge is 2.20. The van der Waals surface area contributed by atoms with Crippen molar-refractivity contribution in [2.45, 2.75) is 4.90 Å². The van der Waals surface area contributed by atoms with E-state index in [1.165, 1.54) is 0 Å². The van der Waals surface area contributed by atoms with Crippen LogP contribution in [0.1, 0.15) is 10.4 Å². The second-order valence-corrected chi connectivity index (χ2v) is 8.86. The van der Waals surface area contributed by atoms with Gasteiger partial charge in [-0.05, 0) is 47.2 Å². The molecular weight excluding hydrogens is 428 g/mol. The van der Waals surface area contributed by atoms with Crippen molar-refractivity contribution in [1.82, 2.24) is 0 Å². The Morgan fingerprint density at radius 3 is 2.41 bits per heavy atom. The first-order chi connectivity index (χ1) is 15.5. The van der Waals surface area contributed by atoms with Crippen LogP contribution in [0.25, 0.3) is 10.8 Å². The van der Waals surface area contributed by atoms with E-state index in [1.807, 2.05) is 24.3 Å². The van der Waals surface area contributed by atoms with Crippen molar-refractivity contribution in [2.75, 3.05) is 16.8 Å². The smallest absolute Gasteiger partial charge is 0.261 e. The zero-order valence-electron chi connectivity index (χ0n) is 16.7. The molecule has 8 heteroatoms. The Hall–Kier alpha value is -4.04. The summed E-state index contributed by atoms with van der Waals surface area (Å²) >= 11 is 0. The summed E-state index contributed by atoms with van der Waals surface area (Å²) in [6, 6.07) is 23.9. The van der Waals surface area contributed by atoms with Crippen molar-refractivity contribution in [3.63, 3.8) is 0 Å². The molecule has 1 heterocycles. The number of anilines is 2. The van der Waals surface area contributed by atoms with Gasteiger partial charge in [0.05, 0.1) is 16.1 Å². The number of rotatable bonds is 5. The molecule has 0 radical (unpaired) electrons. The number of carbonyl (C=O) groups excluding carboxylic acids is 1. The highest BCUT2D eigenvalue weighted by Crippen LogP contribution is 2.34. The molecule has 0 saturated carbocycles. The second-order valence-electron chi connectivity index (χ2n) is 7.18. The van der Waals surface area contributed by atoms with Gasteiger partial charge >= 0.3 is 0 Å². The monoisotopic (exact) mass is 446 g/mol. The third kappa shape index (κ3) is 3.83. The van der Waals surface area contributed by atoms with Crippen LogP contribution in [-0.2, 0) is 10.0 Å². The molecule has 5 rings (SSSR count). The third-order valence-corrected chi connectivity index (χ3v) is 6.44. The summed E-state index contributed by atoms with van der Waals surface area (Å²) < 4.78 is 39.2. The molecule has 1 aliphatic heterocycles. The molecule has 2 N–H and O–H groups in total. The predicted molar refractivity (Wildman–Crippen MR) is 122 cm³/mol. The molecule has 0 bridgehead atoms. The number of para-hydroxylation sites is 1. The topological polar surface area (TPSA) is 93.7 Å². The van der Waals surface area contributed by atoms with E-state index in [0.29, 0.717) is 17.2 Å². The molecule has 0 spiro atoms. The van der Waals surface area contributed by atoms with Crippen LogP contribution in [0, 0.1) is 0 Å². The minimum Gasteiger partial charge on any atom is -0.454 e. The third-order valence-electron chi connectivity index (χ3n) is 5.08. The van der Waals surface area contributed by atoms with E-state index in [-0.39, 0.29) is 22.9 Å². The highest BCUT2D eigenvalue weighted by molar-refractivity contribution is 7.92. The summed E-state index contributed by atoms with van der Waals surface area (Å²) in [6.45, 7) is 0.131. The van der Waals surface area contributed by atoms with Gasteiger partial charge < -0.3 is 14.8 Å². The Labute approximate surface area is 184 Å². The molecule has 160 valence electrons. The average Bonchev–Trinajstić information content (AvgIpc) is 3.27. The Kier molecular flexibility index (Phi) is 4.91. The summed E-state index contributed by atoms with van der Waals surface area (Å²) in [5.74, 6) is 0.681. The molecule has 4 aromatic rings. The molecule has 0 unspecified atom stereocenters. The number of nitrogens with one attached hydrogen (secondary N) is 2. The first-order valence-corrected chi connectivity index (χ1v) is 11.3. The van der Waals surface area contributed by atoms with Crippen LogP contribution in [0.5, 0.6) is 11.5 Å². The standard InChI is InChI=1S/C24H18N2O5S/c27-24(25-18-10-12-22-23(14-18)31-15-30-22)20-7-3-4-8-21(20)26-32(28,29)19-11-9-16-5-1-2-6-17(16)13-19/h1-14,26H,15H2,(H,25,27). The van der Waals surface area contributed by atoms with Crippen LogP contribution in [-0.4, -0.2) is 21.1 Å². The van der Waals surface area contributed by atoms with E-state index < -0.39 is 15.9 Å². The summed E-state index contributed by atoms with van der Waals surface area (Å²) in [5, 5.41) is 4.52. The first-order valence-electron chi connectivity index (χ1n) is 9.81. The number of carbonyl (C=O) groups is 1. The number of benzene rings is 4. The largest absolute Gasteiger partial charge is 0.454 e. The van der Waals surface area contributed by atoms with Crippen LogP contribution >= 0.6 is 0 Å². The zero-order chi connectivity index (χ0) is 22.1. The Bertz CT molecular complexity index is 1450. The SMILES string of the molecule is O=C(Nc1ccc2c(c1)OCO2)c1ccccc1NS(=O)(=O)c1ccc2ccccc2c1. The lowest BCUT2D eigenvalue weighted by atomic mass is 10.1. The van der Waals surface area contributed by atoms with Crippen LogP contribution in [0.3, 0.4) is 0 Å². The fourth-order valence-electron chi connectivity index (χ4n) is 3.48. The molecule has 0 saturated heterocycles. The van der Waals surface area contributed by atoms with Crippen molar-refractivity contribution in [3.05, 3.63) is 90.5 Å². The molecule has 7 nitrogen and oxygen atoms in total. The molecule has 1 aliphatic rings. The highest BCUT2D eigenvalue weighted by atomic mass is 32.2. The number of amides is 1. The van der Waals surface area contributed by atoms with Gasteiger partial charge in [-0.15, -0.1) is 0 Å². The quantitative estimate of drug-likeness (QED) is 0.467. The number of fused-ring (bicyclic) bond motifs is 2. The lowest BCUT2D eigenvalue weighted by Gasteiger charge is -2.13. The van der Waals surface area contributed by atoms with Crippen molar-refractivity contribution < 1.29 is 22.7 Å². The molecule has 0 fully saturated rings. The van der Waals surface area contributed by atoms with Crippen molar-refractivity contribution in [3.8, 4) is 11.5 Å². The Balaban J connectivity index is 1.41. The fraction of sp³-hybridized carbons (Fsp3) is 0.0417. The van der Waals surface area contributed by atoms with Gasteiger partial charge in [0.15, 0.2) is 11.5 Å². The summed E-state index contributed by atoms with van der Waals surface area (Å²) in [7, 11) is -3.91. The maximum atomic E-state index is 13.0. The van der Waals surface area contributed by atoms with Crippen LogP contribution < -0.4 is 19.5 Å². The van der Waals surface area contributed by atoms with Crippen LogP contribution in [0.2, 0.25) is 0 Å². The summed E-state index contributed by atoms with van der Waals surface area (Å²) in [5.41, 5.74) is 0.875. The Morgan fingerprint density at radius 2 is 1.53 bits per heavy atom. The van der Waals surface area contributed by atoms with Crippen molar-refractivity contribution >= 4 is 38.1 Å². The van der Waals surface area contributed by atoms with Crippen molar-refractivity contribution in [2.24, 2.45) is 0 Å². The van der Waals surface area contributed by atoms with Crippen LogP contribution in [0.4, 0.5) is 11.4 Å². The van der Waals surface area contributed by atoms with Gasteiger partial charge in [0, 0.05) is 11.8 Å². The van der Waals surface area contributed by atoms with Gasteiger partial charge in [0.2, 0.25) is 6.79 Å². The normalized spacial score (nSPS) is 12.5. The van der Waals surface area contributed by atoms with E-state index in [9.17, 15) is 13.2 Å². The first kappa shape index (κ1) is 19.9. The molecule has 0 aromatic heterocycles. The van der Waals surface area contributed by atoms with Crippen molar-refractivity contribution in [1.29, 1.82) is 0 Å². The van der Waals surface area contributed by atoms with Gasteiger partial charge in [-0.3, -0.25) is 9.52 Å². The minimum absolute atomic E-state index is 0.113. The Morgan fingerprint density at radius 1 is 0.781 bits per heavy atom. The van der Waals surface area contributed by atoms with Gasteiger partial charge in [-0.2, -0.15) is 0 Å². The van der Waals surface area contributed by atoms with Crippen LogP contribution in [0.15, 0.2) is 89.8 Å². The number of hydrogen-bond acceptors (Lipinski definition) is 5. The van der Waals surface area contributed by atoms with Gasteiger partial charge in [-0.1, -0.05) is 42.5 Å². The lowest BCUT2D eigenvalue weighted by molar-refractivity contribution is 0.102. The maximum Gasteiger partial charge on any atom is 0.261 e. The van der Waals surface area contributed by atoms with E-state index in [0.717, 1.165) is 10.8 Å². The zero-order valence-corrected chi connectivity index (χ0v) is 17.6. The van der Waals surface area contributed by atoms with Gasteiger partial charge in [0.25, 0.3) is 15.9 Å². The number of sulfonamides is 1. The lowest BCUT2D eigenvalue weighted by Crippen LogP contribution is -2.18. The fourth-order valence-corrected chi connectivity index (χ4v) is 4.60. The number of hydrogen-bond donors (Lipinski definition) is 2. The predicted octanol–water partition coefficient (Wildman–Crippen LogP) is 4.62. The van der Waals surface area contributed by atoms with E-state index in [2.05, 4.69) is 10.0 Å². The molecular formula is C24H18N2O5S. The molecule has 4 aromatic carbocycles. The van der Waals surface area contributed by atoms with E-state index in [4.69, 9.17) is 9.47 Å². The van der Waals surface area contributed by atoms with E-state index >= 15 is 0 Å². The average molecular weight is 446 g/mol. The van der Waals surface area contributed by atoms with Gasteiger partial charge in [0.1, 0.15) is 0 Å². The van der Waals surface area contributed by atoms with Gasteiger partial charge in [-0.25, -0.2) is 8.42 Å². The maximum absolute atomic E-state index is 13.0. The number of ether oxygens (including phenoxy) is 2. The summed E-state index contributed by atoms with van der Waals surface area (Å²) in [4.78, 5) is 13.0. The molecule has 1 amide bonds. The molecule has 32 heavy (non-hydrogen) atoms. The van der Waals surface area contributed by atoms with E-state index in [1.54, 1.807) is 60.7 Å².